The van der Waals surface area contributed by atoms with E-state index in [9.17, 15) is 0 Å². The standard InChI is InChI=1S/C8H10ClO.ClHO4/c1-6-3-8(5-9)4-7(2)10-6;2-1(3,4)5/h3-4H,5H2,1-2H3;(H,2,3,4,5)/q+1;/p-1. The summed E-state index contributed by atoms with van der Waals surface area (Å²) in [6, 6.07) is 3.89. The third-order valence-electron chi connectivity index (χ3n) is 1.25. The Kier molecular flexibility index (Phi) is 6.04. The van der Waals surface area contributed by atoms with Gasteiger partial charge in [-0.05, 0) is 5.56 Å². The molecule has 1 aromatic rings. The van der Waals surface area contributed by atoms with Crippen LogP contribution >= 0.6 is 11.6 Å². The van der Waals surface area contributed by atoms with E-state index in [1.165, 1.54) is 0 Å². The molecule has 0 aliphatic heterocycles. The predicted molar refractivity (Wildman–Crippen MR) is 42.1 cm³/mol. The largest absolute Gasteiger partial charge is 0.326 e. The summed E-state index contributed by atoms with van der Waals surface area (Å²) in [4.78, 5) is 0. The van der Waals surface area contributed by atoms with E-state index in [4.69, 9.17) is 34.7 Å². The highest BCUT2D eigenvalue weighted by molar-refractivity contribution is 6.17. The van der Waals surface area contributed by atoms with Crippen molar-refractivity contribution in [3.8, 4) is 0 Å². The fourth-order valence-electron chi connectivity index (χ4n) is 0.954. The zero-order chi connectivity index (χ0) is 12.1. The van der Waals surface area contributed by atoms with Gasteiger partial charge in [0.1, 0.15) is 0 Å². The average Bonchev–Trinajstić information content (AvgIpc) is 1.99. The van der Waals surface area contributed by atoms with Gasteiger partial charge in [-0.2, -0.15) is 0 Å². The lowest BCUT2D eigenvalue weighted by Crippen LogP contribution is -2.68. The monoisotopic (exact) mass is 256 g/mol. The molecule has 15 heavy (non-hydrogen) atoms. The molecule has 1 aromatic heterocycles. The van der Waals surface area contributed by atoms with Crippen LogP contribution in [-0.2, 0) is 5.88 Å². The van der Waals surface area contributed by atoms with Crippen molar-refractivity contribution in [2.24, 2.45) is 0 Å². The maximum atomic E-state index is 8.49. The van der Waals surface area contributed by atoms with E-state index in [-0.39, 0.29) is 0 Å². The lowest BCUT2D eigenvalue weighted by molar-refractivity contribution is -2.00. The number of rotatable bonds is 1. The van der Waals surface area contributed by atoms with E-state index in [1.807, 2.05) is 26.0 Å². The second kappa shape index (κ2) is 6.22. The van der Waals surface area contributed by atoms with Crippen LogP contribution in [0.2, 0.25) is 0 Å². The molecule has 86 valence electrons. The molecule has 0 amide bonds. The molecule has 0 aliphatic rings. The van der Waals surface area contributed by atoms with Gasteiger partial charge in [0.05, 0.1) is 13.8 Å². The van der Waals surface area contributed by atoms with Crippen molar-refractivity contribution in [1.29, 1.82) is 0 Å². The predicted octanol–water partition coefficient (Wildman–Crippen LogP) is -1.84. The molecule has 0 bridgehead atoms. The fraction of sp³-hybridized carbons (Fsp3) is 0.375. The van der Waals surface area contributed by atoms with Gasteiger partial charge in [-0.1, -0.05) is 0 Å². The van der Waals surface area contributed by atoms with E-state index < -0.39 is 10.2 Å². The third-order valence-corrected chi connectivity index (χ3v) is 1.56. The van der Waals surface area contributed by atoms with Gasteiger partial charge >= 0.3 is 11.5 Å². The molecule has 0 saturated heterocycles. The van der Waals surface area contributed by atoms with E-state index in [0.717, 1.165) is 17.1 Å². The van der Waals surface area contributed by atoms with Crippen LogP contribution in [0.1, 0.15) is 17.1 Å². The number of aryl methyl sites for hydroxylation is 2. The second-order valence-corrected chi connectivity index (χ2v) is 3.72. The minimum absolute atomic E-state index is 0.554. The van der Waals surface area contributed by atoms with Crippen molar-refractivity contribution >= 4 is 11.6 Å². The van der Waals surface area contributed by atoms with Crippen molar-refractivity contribution < 1.29 is 33.3 Å². The summed E-state index contributed by atoms with van der Waals surface area (Å²) in [6.07, 6.45) is 0. The Morgan fingerprint density at radius 2 is 1.47 bits per heavy atom. The Balaban J connectivity index is 0.000000336. The summed E-state index contributed by atoms with van der Waals surface area (Å²) in [5.74, 6) is 2.38. The van der Waals surface area contributed by atoms with Crippen LogP contribution in [0, 0.1) is 24.1 Å². The summed E-state index contributed by atoms with van der Waals surface area (Å²) in [5, 5.41) is 0. The lowest BCUT2D eigenvalue weighted by Gasteiger charge is -2.17. The summed E-state index contributed by atoms with van der Waals surface area (Å²) >= 11 is 5.63. The molecule has 0 spiro atoms. The normalized spacial score (nSPS) is 10.6. The number of halogens is 2. The smallest absolute Gasteiger partial charge is 0.222 e. The quantitative estimate of drug-likeness (QED) is 0.434. The van der Waals surface area contributed by atoms with E-state index in [1.54, 1.807) is 0 Å². The van der Waals surface area contributed by atoms with Crippen LogP contribution < -0.4 is 18.6 Å². The molecule has 1 rings (SSSR count). The molecule has 0 saturated carbocycles. The first-order chi connectivity index (χ1) is 6.72. The van der Waals surface area contributed by atoms with Crippen LogP contribution in [0.5, 0.6) is 0 Å². The van der Waals surface area contributed by atoms with Crippen molar-refractivity contribution in [3.05, 3.63) is 29.2 Å². The molecule has 0 unspecified atom stereocenters. The maximum Gasteiger partial charge on any atom is 0.326 e. The molecule has 0 radical (unpaired) electrons. The summed E-state index contributed by atoms with van der Waals surface area (Å²) in [7, 11) is -4.94. The molecule has 0 N–H and O–H groups in total. The van der Waals surface area contributed by atoms with E-state index >= 15 is 0 Å². The fourth-order valence-corrected chi connectivity index (χ4v) is 1.11. The Morgan fingerprint density at radius 3 is 1.73 bits per heavy atom. The molecule has 0 atom stereocenters. The Labute approximate surface area is 94.3 Å². The van der Waals surface area contributed by atoms with Gasteiger partial charge in [-0.15, -0.1) is 21.8 Å². The van der Waals surface area contributed by atoms with Crippen molar-refractivity contribution in [2.45, 2.75) is 19.7 Å². The highest BCUT2D eigenvalue weighted by Gasteiger charge is 2.05. The summed E-state index contributed by atoms with van der Waals surface area (Å²) in [6.45, 7) is 3.84. The first kappa shape index (κ1) is 14.6. The van der Waals surface area contributed by atoms with Crippen LogP contribution in [0.3, 0.4) is 0 Å². The van der Waals surface area contributed by atoms with Crippen LogP contribution in [0.25, 0.3) is 0 Å². The summed E-state index contributed by atoms with van der Waals surface area (Å²) < 4.78 is 39.2. The number of alkyl halides is 1. The van der Waals surface area contributed by atoms with Crippen LogP contribution in [-0.4, -0.2) is 0 Å². The Morgan fingerprint density at radius 1 is 1.13 bits per heavy atom. The van der Waals surface area contributed by atoms with Gasteiger partial charge in [0.15, 0.2) is 0 Å². The topological polar surface area (TPSA) is 104 Å². The minimum atomic E-state index is -4.94. The zero-order valence-corrected chi connectivity index (χ0v) is 9.67. The third kappa shape index (κ3) is 9.86. The van der Waals surface area contributed by atoms with Gasteiger partial charge in [-0.25, -0.2) is 23.1 Å². The number of hydrogen-bond acceptors (Lipinski definition) is 4. The van der Waals surface area contributed by atoms with E-state index in [0.29, 0.717) is 5.88 Å². The lowest BCUT2D eigenvalue weighted by atomic mass is 10.2. The van der Waals surface area contributed by atoms with Crippen molar-refractivity contribution in [2.75, 3.05) is 0 Å². The van der Waals surface area contributed by atoms with Gasteiger partial charge in [-0.3, -0.25) is 0 Å². The average molecular weight is 257 g/mol. The molecule has 1 heterocycles. The molecule has 7 heteroatoms. The van der Waals surface area contributed by atoms with Crippen LogP contribution in [0.15, 0.2) is 16.5 Å². The molecule has 5 nitrogen and oxygen atoms in total. The Hall–Kier alpha value is -0.430. The minimum Gasteiger partial charge on any atom is -0.222 e. The zero-order valence-electron chi connectivity index (χ0n) is 8.16. The first-order valence-corrected chi connectivity index (χ1v) is 5.57. The molecular formula is C8H10Cl2O5. The summed E-state index contributed by atoms with van der Waals surface area (Å²) in [5.41, 5.74) is 1.11. The van der Waals surface area contributed by atoms with Gasteiger partial charge < -0.3 is 0 Å². The van der Waals surface area contributed by atoms with E-state index in [2.05, 4.69) is 0 Å². The molecular weight excluding hydrogens is 247 g/mol. The first-order valence-electron chi connectivity index (χ1n) is 3.80. The van der Waals surface area contributed by atoms with Gasteiger partial charge in [0.25, 0.3) is 0 Å². The van der Waals surface area contributed by atoms with Crippen LogP contribution in [0.4, 0.5) is 0 Å². The molecule has 0 aromatic carbocycles. The molecule has 0 fully saturated rings. The van der Waals surface area contributed by atoms with Gasteiger partial charge in [0.2, 0.25) is 0 Å². The molecule has 0 aliphatic carbocycles. The maximum absolute atomic E-state index is 8.49. The highest BCUT2D eigenvalue weighted by atomic mass is 35.7. The Bertz CT molecular complexity index is 284. The second-order valence-electron chi connectivity index (χ2n) is 2.70. The number of hydrogen-bond donors (Lipinski definition) is 0. The van der Waals surface area contributed by atoms with Gasteiger partial charge in [0, 0.05) is 18.0 Å². The van der Waals surface area contributed by atoms with Crippen molar-refractivity contribution in [1.82, 2.24) is 0 Å². The van der Waals surface area contributed by atoms with Crippen molar-refractivity contribution in [3.63, 3.8) is 0 Å². The SMILES string of the molecule is Cc1cc(CCl)cc(C)[o+]1.[O-][Cl+3]([O-])([O-])[O-]. The highest BCUT2D eigenvalue weighted by Crippen LogP contribution is 2.10.